The summed E-state index contributed by atoms with van der Waals surface area (Å²) < 4.78 is 0. The van der Waals surface area contributed by atoms with E-state index in [1.54, 1.807) is 12.1 Å². The van der Waals surface area contributed by atoms with Crippen LogP contribution in [-0.4, -0.2) is 20.9 Å². The number of benzene rings is 1. The Bertz CT molecular complexity index is 719. The van der Waals surface area contributed by atoms with Crippen LogP contribution < -0.4 is 0 Å². The Morgan fingerprint density at radius 1 is 0.862 bits per heavy atom. The summed E-state index contributed by atoms with van der Waals surface area (Å²) in [4.78, 5) is 0. The molecule has 0 radical (unpaired) electrons. The highest BCUT2D eigenvalue weighted by molar-refractivity contribution is 5.44. The number of aliphatic hydroxyl groups is 1. The smallest absolute Gasteiger partial charge is 0.160 e. The van der Waals surface area contributed by atoms with Gasteiger partial charge in [-0.25, -0.2) is 0 Å². The Hall–Kier alpha value is -2.00. The van der Waals surface area contributed by atoms with Crippen molar-refractivity contribution in [1.29, 1.82) is 0 Å². The van der Waals surface area contributed by atoms with Crippen molar-refractivity contribution < 1.29 is 15.3 Å². The molecule has 0 amide bonds. The van der Waals surface area contributed by atoms with Crippen molar-refractivity contribution in [2.75, 3.05) is 0 Å². The maximum Gasteiger partial charge on any atom is 0.160 e. The van der Waals surface area contributed by atoms with Crippen LogP contribution in [0, 0.1) is 0 Å². The highest BCUT2D eigenvalue weighted by Gasteiger charge is 2.20. The fourth-order valence-electron chi connectivity index (χ4n) is 3.28. The van der Waals surface area contributed by atoms with Crippen LogP contribution in [0.5, 0.6) is 11.5 Å². The molecule has 0 bridgehead atoms. The van der Waals surface area contributed by atoms with Gasteiger partial charge in [0.2, 0.25) is 0 Å². The molecule has 1 aromatic rings. The van der Waals surface area contributed by atoms with Gasteiger partial charge in [0.1, 0.15) is 0 Å². The van der Waals surface area contributed by atoms with Crippen LogP contribution in [0.1, 0.15) is 85.1 Å². The zero-order valence-electron chi connectivity index (χ0n) is 19.0. The van der Waals surface area contributed by atoms with Crippen molar-refractivity contribution in [1.82, 2.24) is 0 Å². The quantitative estimate of drug-likeness (QED) is 0.262. The van der Waals surface area contributed by atoms with Gasteiger partial charge < -0.3 is 15.3 Å². The fourth-order valence-corrected chi connectivity index (χ4v) is 3.28. The lowest BCUT2D eigenvalue weighted by atomic mass is 9.91. The summed E-state index contributed by atoms with van der Waals surface area (Å²) in [5.41, 5.74) is 4.07. The molecule has 0 aromatic heterocycles. The molecule has 3 N–H and O–H groups in total. The molecule has 0 spiro atoms. The summed E-state index contributed by atoms with van der Waals surface area (Å²) in [6.45, 7) is 10.5. The molecule has 0 aliphatic heterocycles. The van der Waals surface area contributed by atoms with Gasteiger partial charge in [-0.3, -0.25) is 0 Å². The Kier molecular flexibility index (Phi) is 10.8. The minimum absolute atomic E-state index is 0.0803. The minimum Gasteiger partial charge on any atom is -0.504 e. The molecule has 0 aliphatic carbocycles. The molecule has 1 atom stereocenters. The molecule has 29 heavy (non-hydrogen) atoms. The predicted molar refractivity (Wildman–Crippen MR) is 123 cm³/mol. The second-order valence-corrected chi connectivity index (χ2v) is 8.78. The maximum atomic E-state index is 10.6. The van der Waals surface area contributed by atoms with E-state index in [2.05, 4.69) is 45.9 Å². The van der Waals surface area contributed by atoms with Crippen LogP contribution in [0.25, 0.3) is 0 Å². The number of allylic oxidation sites excluding steroid dienone is 6. The van der Waals surface area contributed by atoms with Crippen LogP contribution in [0.2, 0.25) is 0 Å². The summed E-state index contributed by atoms with van der Waals surface area (Å²) >= 11 is 0. The van der Waals surface area contributed by atoms with E-state index in [0.717, 1.165) is 32.1 Å². The van der Waals surface area contributed by atoms with E-state index >= 15 is 0 Å². The Labute approximate surface area is 177 Å². The summed E-state index contributed by atoms with van der Waals surface area (Å²) in [6, 6.07) is 4.96. The largest absolute Gasteiger partial charge is 0.504 e. The molecular weight excluding hydrogens is 360 g/mol. The third kappa shape index (κ3) is 10.9. The van der Waals surface area contributed by atoms with E-state index in [4.69, 9.17) is 0 Å². The lowest BCUT2D eigenvalue weighted by Gasteiger charge is -2.23. The molecule has 162 valence electrons. The van der Waals surface area contributed by atoms with E-state index in [9.17, 15) is 15.3 Å². The van der Waals surface area contributed by atoms with Gasteiger partial charge in [-0.15, -0.1) is 0 Å². The van der Waals surface area contributed by atoms with Gasteiger partial charge in [-0.1, -0.05) is 47.1 Å². The van der Waals surface area contributed by atoms with Gasteiger partial charge in [0, 0.05) is 0 Å². The molecule has 1 rings (SSSR count). The monoisotopic (exact) mass is 400 g/mol. The third-order valence-corrected chi connectivity index (χ3v) is 5.33. The number of hydrogen-bond acceptors (Lipinski definition) is 3. The Morgan fingerprint density at radius 2 is 1.45 bits per heavy atom. The summed E-state index contributed by atoms with van der Waals surface area (Å²) in [6.07, 6.45) is 13.8. The van der Waals surface area contributed by atoms with Crippen molar-refractivity contribution in [3.05, 3.63) is 58.7 Å². The SMILES string of the molecule is CC(C)=CCCC(C)=CCCC(C)=CCCC(C)(O)CCc1cccc(O)c1O. The minimum atomic E-state index is -0.796. The summed E-state index contributed by atoms with van der Waals surface area (Å²) in [5, 5.41) is 30.1. The number of aryl methyl sites for hydroxylation is 1. The Morgan fingerprint density at radius 3 is 2.07 bits per heavy atom. The van der Waals surface area contributed by atoms with Gasteiger partial charge in [0.25, 0.3) is 0 Å². The number of phenols is 2. The molecule has 0 heterocycles. The van der Waals surface area contributed by atoms with Gasteiger partial charge in [-0.05, 0) is 97.6 Å². The first-order chi connectivity index (χ1) is 13.6. The Balaban J connectivity index is 2.36. The number of aromatic hydroxyl groups is 2. The van der Waals surface area contributed by atoms with Crippen molar-refractivity contribution in [2.24, 2.45) is 0 Å². The highest BCUT2D eigenvalue weighted by atomic mass is 16.3. The average molecular weight is 401 g/mol. The summed E-state index contributed by atoms with van der Waals surface area (Å²) in [5.74, 6) is -0.190. The maximum absolute atomic E-state index is 10.6. The van der Waals surface area contributed by atoms with Crippen LogP contribution >= 0.6 is 0 Å². The highest BCUT2D eigenvalue weighted by Crippen LogP contribution is 2.31. The first-order valence-electron chi connectivity index (χ1n) is 10.8. The molecule has 0 saturated carbocycles. The molecule has 0 saturated heterocycles. The summed E-state index contributed by atoms with van der Waals surface area (Å²) in [7, 11) is 0. The second-order valence-electron chi connectivity index (χ2n) is 8.78. The standard InChI is InChI=1S/C26H40O3/c1-20(2)10-6-11-21(3)12-7-13-22(4)14-9-18-26(5,29)19-17-23-15-8-16-24(27)25(23)28/h8,10,12,14-16,27-29H,6-7,9,11,13,17-19H2,1-5H3. The molecule has 0 fully saturated rings. The predicted octanol–water partition coefficient (Wildman–Crippen LogP) is 6.98. The molecule has 3 nitrogen and oxygen atoms in total. The number of phenolic OH excluding ortho intramolecular Hbond substituents is 2. The van der Waals surface area contributed by atoms with Crippen LogP contribution in [0.4, 0.5) is 0 Å². The van der Waals surface area contributed by atoms with Crippen LogP contribution in [0.3, 0.4) is 0 Å². The number of para-hydroxylation sites is 1. The lowest BCUT2D eigenvalue weighted by Crippen LogP contribution is -2.24. The second kappa shape index (κ2) is 12.5. The van der Waals surface area contributed by atoms with E-state index in [1.807, 2.05) is 6.92 Å². The zero-order valence-corrected chi connectivity index (χ0v) is 19.0. The third-order valence-electron chi connectivity index (χ3n) is 5.33. The van der Waals surface area contributed by atoms with Crippen LogP contribution in [0.15, 0.2) is 53.1 Å². The molecular formula is C26H40O3. The zero-order chi connectivity index (χ0) is 21.9. The van der Waals surface area contributed by atoms with Gasteiger partial charge in [0.05, 0.1) is 5.60 Å². The van der Waals surface area contributed by atoms with E-state index in [0.29, 0.717) is 24.8 Å². The number of hydrogen-bond donors (Lipinski definition) is 3. The first-order valence-corrected chi connectivity index (χ1v) is 10.8. The van der Waals surface area contributed by atoms with Gasteiger partial charge in [-0.2, -0.15) is 0 Å². The molecule has 1 aromatic carbocycles. The normalized spacial score (nSPS) is 14.6. The van der Waals surface area contributed by atoms with Crippen molar-refractivity contribution in [2.45, 2.75) is 91.6 Å². The van der Waals surface area contributed by atoms with E-state index < -0.39 is 5.60 Å². The van der Waals surface area contributed by atoms with Crippen molar-refractivity contribution in [3.63, 3.8) is 0 Å². The van der Waals surface area contributed by atoms with Gasteiger partial charge in [0.15, 0.2) is 11.5 Å². The lowest BCUT2D eigenvalue weighted by molar-refractivity contribution is 0.0431. The topological polar surface area (TPSA) is 60.7 Å². The molecule has 3 heteroatoms. The number of rotatable bonds is 12. The molecule has 0 aliphatic rings. The first kappa shape index (κ1) is 25.0. The van der Waals surface area contributed by atoms with Crippen molar-refractivity contribution in [3.8, 4) is 11.5 Å². The van der Waals surface area contributed by atoms with Crippen LogP contribution in [-0.2, 0) is 6.42 Å². The van der Waals surface area contributed by atoms with Gasteiger partial charge >= 0.3 is 0 Å². The van der Waals surface area contributed by atoms with Crippen molar-refractivity contribution >= 4 is 0 Å². The fraction of sp³-hybridized carbons (Fsp3) is 0.538. The van der Waals surface area contributed by atoms with E-state index in [-0.39, 0.29) is 11.5 Å². The molecule has 1 unspecified atom stereocenters. The van der Waals surface area contributed by atoms with E-state index in [1.165, 1.54) is 22.8 Å². The average Bonchev–Trinajstić information content (AvgIpc) is 2.62.